The van der Waals surface area contributed by atoms with E-state index >= 15 is 0 Å². The summed E-state index contributed by atoms with van der Waals surface area (Å²) < 4.78 is 1.59. The van der Waals surface area contributed by atoms with E-state index in [-0.39, 0.29) is 22.6 Å². The van der Waals surface area contributed by atoms with Crippen LogP contribution >= 0.6 is 0 Å². The van der Waals surface area contributed by atoms with Crippen molar-refractivity contribution < 1.29 is 9.72 Å². The number of amides is 1. The molecule has 132 valence electrons. The van der Waals surface area contributed by atoms with Gasteiger partial charge in [0.1, 0.15) is 0 Å². The Labute approximate surface area is 145 Å². The maximum atomic E-state index is 12.2. The highest BCUT2D eigenvalue weighted by Crippen LogP contribution is 2.29. The third-order valence-corrected chi connectivity index (χ3v) is 4.55. The minimum atomic E-state index is -0.366. The van der Waals surface area contributed by atoms with Gasteiger partial charge in [0.15, 0.2) is 0 Å². The SMILES string of the molecule is Cc1cc(N2CCC[C@H]2CNC(=O)c2cnn(C)c2)ccc1[N+](=O)[O-]. The zero-order valence-electron chi connectivity index (χ0n) is 14.3. The Morgan fingerprint density at radius 3 is 2.92 bits per heavy atom. The molecule has 1 aromatic carbocycles. The minimum Gasteiger partial charge on any atom is -0.367 e. The zero-order valence-corrected chi connectivity index (χ0v) is 14.3. The molecule has 1 aliphatic rings. The van der Waals surface area contributed by atoms with Gasteiger partial charge in [0, 0.05) is 49.7 Å². The van der Waals surface area contributed by atoms with Crippen LogP contribution in [0.3, 0.4) is 0 Å². The molecule has 0 aliphatic carbocycles. The van der Waals surface area contributed by atoms with E-state index in [4.69, 9.17) is 0 Å². The molecule has 3 rings (SSSR count). The molecule has 0 unspecified atom stereocenters. The lowest BCUT2D eigenvalue weighted by atomic mass is 10.1. The van der Waals surface area contributed by atoms with E-state index in [1.54, 1.807) is 43.2 Å². The Morgan fingerprint density at radius 1 is 1.48 bits per heavy atom. The van der Waals surface area contributed by atoms with Crippen LogP contribution in [0, 0.1) is 17.0 Å². The number of aryl methyl sites for hydroxylation is 2. The normalized spacial score (nSPS) is 16.9. The summed E-state index contributed by atoms with van der Waals surface area (Å²) in [6, 6.07) is 5.36. The number of carbonyl (C=O) groups is 1. The quantitative estimate of drug-likeness (QED) is 0.662. The summed E-state index contributed by atoms with van der Waals surface area (Å²) in [4.78, 5) is 25.0. The van der Waals surface area contributed by atoms with Gasteiger partial charge in [0.25, 0.3) is 11.6 Å². The molecule has 0 saturated carbocycles. The summed E-state index contributed by atoms with van der Waals surface area (Å²) in [6.45, 7) is 3.16. The maximum Gasteiger partial charge on any atom is 0.272 e. The molecule has 0 radical (unpaired) electrons. The van der Waals surface area contributed by atoms with Crippen LogP contribution in [0.2, 0.25) is 0 Å². The average molecular weight is 343 g/mol. The van der Waals surface area contributed by atoms with Gasteiger partial charge >= 0.3 is 0 Å². The molecule has 8 nitrogen and oxygen atoms in total. The number of hydrogen-bond donors (Lipinski definition) is 1. The number of nitrogens with one attached hydrogen (secondary N) is 1. The van der Waals surface area contributed by atoms with Crippen molar-refractivity contribution in [1.29, 1.82) is 0 Å². The second-order valence-electron chi connectivity index (χ2n) is 6.33. The van der Waals surface area contributed by atoms with Crippen molar-refractivity contribution in [3.05, 3.63) is 51.8 Å². The number of carbonyl (C=O) groups excluding carboxylic acids is 1. The van der Waals surface area contributed by atoms with Gasteiger partial charge in [0.2, 0.25) is 0 Å². The summed E-state index contributed by atoms with van der Waals surface area (Å²) in [6.07, 6.45) is 5.23. The molecular formula is C17H21N5O3. The monoisotopic (exact) mass is 343 g/mol. The molecule has 8 heteroatoms. The highest BCUT2D eigenvalue weighted by atomic mass is 16.6. The Bertz CT molecular complexity index is 801. The van der Waals surface area contributed by atoms with Gasteiger partial charge in [-0.15, -0.1) is 0 Å². The number of nitro benzene ring substituents is 1. The van der Waals surface area contributed by atoms with Crippen molar-refractivity contribution in [1.82, 2.24) is 15.1 Å². The Morgan fingerprint density at radius 2 is 2.28 bits per heavy atom. The van der Waals surface area contributed by atoms with Crippen LogP contribution in [0.5, 0.6) is 0 Å². The molecule has 1 atom stereocenters. The molecule has 1 amide bonds. The van der Waals surface area contributed by atoms with Crippen LogP contribution in [-0.4, -0.2) is 39.7 Å². The fourth-order valence-electron chi connectivity index (χ4n) is 3.26. The maximum absolute atomic E-state index is 12.2. The molecule has 1 fully saturated rings. The van der Waals surface area contributed by atoms with Crippen molar-refractivity contribution in [3.8, 4) is 0 Å². The zero-order chi connectivity index (χ0) is 18.0. The third-order valence-electron chi connectivity index (χ3n) is 4.55. The molecular weight excluding hydrogens is 322 g/mol. The summed E-state index contributed by atoms with van der Waals surface area (Å²) in [5.74, 6) is -0.139. The summed E-state index contributed by atoms with van der Waals surface area (Å²) in [5, 5.41) is 17.9. The fourth-order valence-corrected chi connectivity index (χ4v) is 3.26. The third kappa shape index (κ3) is 3.62. The standard InChI is InChI=1S/C17H21N5O3/c1-12-8-14(5-6-16(12)22(24)25)21-7-3-4-15(21)10-18-17(23)13-9-19-20(2)11-13/h5-6,8-9,11,15H,3-4,7,10H2,1-2H3,(H,18,23)/t15-/m0/s1. The van der Waals surface area contributed by atoms with Gasteiger partial charge in [-0.05, 0) is 31.9 Å². The van der Waals surface area contributed by atoms with E-state index < -0.39 is 0 Å². The molecule has 2 heterocycles. The topological polar surface area (TPSA) is 93.3 Å². The number of benzene rings is 1. The number of nitrogens with zero attached hydrogens (tertiary/aromatic N) is 4. The van der Waals surface area contributed by atoms with Gasteiger partial charge in [-0.2, -0.15) is 5.10 Å². The molecule has 1 aromatic heterocycles. The smallest absolute Gasteiger partial charge is 0.272 e. The Hall–Kier alpha value is -2.90. The molecule has 25 heavy (non-hydrogen) atoms. The first-order valence-corrected chi connectivity index (χ1v) is 8.24. The number of anilines is 1. The van der Waals surface area contributed by atoms with Crippen LogP contribution in [0.25, 0.3) is 0 Å². The number of rotatable bonds is 5. The van der Waals surface area contributed by atoms with Gasteiger partial charge in [-0.3, -0.25) is 19.6 Å². The lowest BCUT2D eigenvalue weighted by molar-refractivity contribution is -0.385. The lowest BCUT2D eigenvalue weighted by Crippen LogP contribution is -2.40. The van der Waals surface area contributed by atoms with Crippen molar-refractivity contribution >= 4 is 17.3 Å². The lowest BCUT2D eigenvalue weighted by Gasteiger charge is -2.27. The van der Waals surface area contributed by atoms with Crippen molar-refractivity contribution in [2.45, 2.75) is 25.8 Å². The van der Waals surface area contributed by atoms with Crippen molar-refractivity contribution in [2.75, 3.05) is 18.0 Å². The molecule has 2 aromatic rings. The van der Waals surface area contributed by atoms with Crippen LogP contribution in [0.4, 0.5) is 11.4 Å². The first-order chi connectivity index (χ1) is 12.0. The second-order valence-corrected chi connectivity index (χ2v) is 6.33. The Kier molecular flexibility index (Phi) is 4.69. The molecule has 1 N–H and O–H groups in total. The van der Waals surface area contributed by atoms with Crippen molar-refractivity contribution in [3.63, 3.8) is 0 Å². The summed E-state index contributed by atoms with van der Waals surface area (Å²) in [5.41, 5.74) is 2.27. The van der Waals surface area contributed by atoms with E-state index in [0.717, 1.165) is 25.1 Å². The van der Waals surface area contributed by atoms with Crippen LogP contribution in [-0.2, 0) is 7.05 Å². The van der Waals surface area contributed by atoms with E-state index in [2.05, 4.69) is 15.3 Å². The Balaban J connectivity index is 1.67. The summed E-state index contributed by atoms with van der Waals surface area (Å²) >= 11 is 0. The van der Waals surface area contributed by atoms with Gasteiger partial charge in [0.05, 0.1) is 16.7 Å². The predicted octanol–water partition coefficient (Wildman–Crippen LogP) is 2.04. The van der Waals surface area contributed by atoms with Crippen LogP contribution in [0.15, 0.2) is 30.6 Å². The van der Waals surface area contributed by atoms with Gasteiger partial charge < -0.3 is 10.2 Å². The number of nitro groups is 1. The van der Waals surface area contributed by atoms with Crippen LogP contribution < -0.4 is 10.2 Å². The fraction of sp³-hybridized carbons (Fsp3) is 0.412. The van der Waals surface area contributed by atoms with Crippen molar-refractivity contribution in [2.24, 2.45) is 7.05 Å². The van der Waals surface area contributed by atoms with E-state index in [9.17, 15) is 14.9 Å². The molecule has 1 saturated heterocycles. The predicted molar refractivity (Wildman–Crippen MR) is 93.7 cm³/mol. The van der Waals surface area contributed by atoms with E-state index in [0.29, 0.717) is 17.7 Å². The first-order valence-electron chi connectivity index (χ1n) is 8.24. The highest BCUT2D eigenvalue weighted by molar-refractivity contribution is 5.93. The summed E-state index contributed by atoms with van der Waals surface area (Å²) in [7, 11) is 1.77. The average Bonchev–Trinajstić information content (AvgIpc) is 3.21. The van der Waals surface area contributed by atoms with Gasteiger partial charge in [-0.25, -0.2) is 0 Å². The first kappa shape index (κ1) is 16.9. The van der Waals surface area contributed by atoms with E-state index in [1.807, 2.05) is 6.07 Å². The molecule has 0 bridgehead atoms. The minimum absolute atomic E-state index is 0.129. The van der Waals surface area contributed by atoms with Crippen LogP contribution in [0.1, 0.15) is 28.8 Å². The number of hydrogen-bond acceptors (Lipinski definition) is 5. The molecule has 1 aliphatic heterocycles. The largest absolute Gasteiger partial charge is 0.367 e. The molecule has 0 spiro atoms. The number of aromatic nitrogens is 2. The van der Waals surface area contributed by atoms with E-state index in [1.165, 1.54) is 0 Å². The second kappa shape index (κ2) is 6.92. The highest BCUT2D eigenvalue weighted by Gasteiger charge is 2.26. The van der Waals surface area contributed by atoms with Gasteiger partial charge in [-0.1, -0.05) is 0 Å².